The maximum absolute atomic E-state index is 13.4. The topological polar surface area (TPSA) is 41.1 Å². The number of benzene rings is 1. The highest BCUT2D eigenvalue weighted by Gasteiger charge is 2.12. The minimum atomic E-state index is -0.466. The molecule has 1 aromatic rings. The van der Waals surface area contributed by atoms with Crippen LogP contribution in [-0.2, 0) is 0 Å². The van der Waals surface area contributed by atoms with Crippen molar-refractivity contribution >= 4 is 27.6 Å². The zero-order valence-electron chi connectivity index (χ0n) is 10.1. The highest BCUT2D eigenvalue weighted by atomic mass is 79.9. The van der Waals surface area contributed by atoms with Crippen LogP contribution in [0.25, 0.3) is 0 Å². The zero-order chi connectivity index (χ0) is 13.0. The van der Waals surface area contributed by atoms with Gasteiger partial charge in [-0.1, -0.05) is 29.8 Å². The third-order valence-corrected chi connectivity index (χ3v) is 3.03. The number of hydrogen-bond acceptors (Lipinski definition) is 1. The van der Waals surface area contributed by atoms with Gasteiger partial charge in [0.05, 0.1) is 5.69 Å². The molecule has 0 radical (unpaired) electrons. The van der Waals surface area contributed by atoms with Crippen LogP contribution in [0, 0.1) is 11.7 Å². The molecule has 0 aliphatic carbocycles. The molecule has 5 heteroatoms. The van der Waals surface area contributed by atoms with Crippen molar-refractivity contribution in [3.63, 3.8) is 0 Å². The van der Waals surface area contributed by atoms with Crippen molar-refractivity contribution < 1.29 is 9.18 Å². The Hall–Kier alpha value is -1.10. The summed E-state index contributed by atoms with van der Waals surface area (Å²) in [5.74, 6) is -0.137. The molecule has 0 aromatic heterocycles. The highest BCUT2D eigenvalue weighted by Crippen LogP contribution is 2.19. The van der Waals surface area contributed by atoms with Gasteiger partial charge in [0.15, 0.2) is 0 Å². The molecule has 94 valence electrons. The summed E-state index contributed by atoms with van der Waals surface area (Å²) in [5.41, 5.74) is 0.168. The van der Waals surface area contributed by atoms with E-state index in [-0.39, 0.29) is 11.7 Å². The van der Waals surface area contributed by atoms with Crippen molar-refractivity contribution in [2.45, 2.75) is 26.8 Å². The molecule has 2 N–H and O–H groups in total. The van der Waals surface area contributed by atoms with Gasteiger partial charge in [0, 0.05) is 10.5 Å². The fourth-order valence-corrected chi connectivity index (χ4v) is 1.46. The predicted molar refractivity (Wildman–Crippen MR) is 70.6 cm³/mol. The van der Waals surface area contributed by atoms with E-state index in [1.54, 1.807) is 6.07 Å². The van der Waals surface area contributed by atoms with Gasteiger partial charge in [-0.3, -0.25) is 0 Å². The fourth-order valence-electron chi connectivity index (χ4n) is 1.12. The summed E-state index contributed by atoms with van der Waals surface area (Å²) in [6.45, 7) is 5.92. The Labute approximate surface area is 109 Å². The van der Waals surface area contributed by atoms with Crippen LogP contribution in [0.1, 0.15) is 20.8 Å². The van der Waals surface area contributed by atoms with Crippen LogP contribution in [0.15, 0.2) is 22.7 Å². The second kappa shape index (κ2) is 6.00. The molecule has 0 fully saturated rings. The molecule has 0 aliphatic heterocycles. The van der Waals surface area contributed by atoms with Gasteiger partial charge in [0.25, 0.3) is 0 Å². The number of urea groups is 1. The van der Waals surface area contributed by atoms with E-state index in [1.807, 2.05) is 20.8 Å². The molecule has 1 atom stereocenters. The monoisotopic (exact) mass is 302 g/mol. The number of rotatable bonds is 3. The Morgan fingerprint density at radius 3 is 2.53 bits per heavy atom. The number of amides is 2. The minimum absolute atomic E-state index is 0.0357. The summed E-state index contributed by atoms with van der Waals surface area (Å²) in [6, 6.07) is 4.13. The maximum atomic E-state index is 13.4. The van der Waals surface area contributed by atoms with Gasteiger partial charge in [0.2, 0.25) is 0 Å². The number of carbonyl (C=O) groups excluding carboxylic acids is 1. The predicted octanol–water partition coefficient (Wildman–Crippen LogP) is 3.75. The SMILES string of the molecule is CC(C)C(C)NC(=O)Nc1ccc(Br)cc1F. The number of carbonyl (C=O) groups is 1. The van der Waals surface area contributed by atoms with Gasteiger partial charge >= 0.3 is 6.03 Å². The Morgan fingerprint density at radius 1 is 1.35 bits per heavy atom. The van der Waals surface area contributed by atoms with E-state index in [9.17, 15) is 9.18 Å². The first kappa shape index (κ1) is 14.0. The van der Waals surface area contributed by atoms with Crippen LogP contribution in [0.5, 0.6) is 0 Å². The lowest BCUT2D eigenvalue weighted by Crippen LogP contribution is -2.39. The van der Waals surface area contributed by atoms with Crippen molar-refractivity contribution in [2.75, 3.05) is 5.32 Å². The van der Waals surface area contributed by atoms with Gasteiger partial charge in [-0.25, -0.2) is 9.18 Å². The number of nitrogens with one attached hydrogen (secondary N) is 2. The molecule has 3 nitrogen and oxygen atoms in total. The summed E-state index contributed by atoms with van der Waals surface area (Å²) in [5, 5.41) is 5.22. The van der Waals surface area contributed by atoms with Gasteiger partial charge in [-0.15, -0.1) is 0 Å². The van der Waals surface area contributed by atoms with Crippen LogP contribution in [-0.4, -0.2) is 12.1 Å². The molecule has 0 bridgehead atoms. The molecule has 1 aromatic carbocycles. The van der Waals surface area contributed by atoms with Crippen LogP contribution in [0.2, 0.25) is 0 Å². The molecule has 2 amide bonds. The van der Waals surface area contributed by atoms with Crippen molar-refractivity contribution in [2.24, 2.45) is 5.92 Å². The van der Waals surface area contributed by atoms with E-state index in [0.29, 0.717) is 10.4 Å². The Balaban J connectivity index is 2.62. The third-order valence-electron chi connectivity index (χ3n) is 2.54. The van der Waals surface area contributed by atoms with Gasteiger partial charge in [-0.05, 0) is 31.0 Å². The molecule has 1 unspecified atom stereocenters. The fraction of sp³-hybridized carbons (Fsp3) is 0.417. The first-order valence-corrected chi connectivity index (χ1v) is 6.22. The van der Waals surface area contributed by atoms with E-state index >= 15 is 0 Å². The third kappa shape index (κ3) is 4.34. The number of halogens is 2. The van der Waals surface area contributed by atoms with Crippen molar-refractivity contribution in [1.82, 2.24) is 5.32 Å². The van der Waals surface area contributed by atoms with Gasteiger partial charge in [-0.2, -0.15) is 0 Å². The Morgan fingerprint density at radius 2 is 2.00 bits per heavy atom. The molecule has 0 saturated heterocycles. The Kier molecular flexibility index (Phi) is 4.93. The minimum Gasteiger partial charge on any atom is -0.335 e. The molecule has 0 saturated carbocycles. The van der Waals surface area contributed by atoms with E-state index in [0.717, 1.165) is 0 Å². The first-order valence-electron chi connectivity index (χ1n) is 5.42. The van der Waals surface area contributed by atoms with Crippen LogP contribution >= 0.6 is 15.9 Å². The quantitative estimate of drug-likeness (QED) is 0.877. The van der Waals surface area contributed by atoms with E-state index in [2.05, 4.69) is 26.6 Å². The molecule has 1 rings (SSSR count). The van der Waals surface area contributed by atoms with Crippen molar-refractivity contribution in [1.29, 1.82) is 0 Å². The van der Waals surface area contributed by atoms with E-state index in [4.69, 9.17) is 0 Å². The van der Waals surface area contributed by atoms with Crippen molar-refractivity contribution in [3.05, 3.63) is 28.5 Å². The molecule has 17 heavy (non-hydrogen) atoms. The summed E-state index contributed by atoms with van der Waals surface area (Å²) in [7, 11) is 0. The second-order valence-corrected chi connectivity index (χ2v) is 5.17. The summed E-state index contributed by atoms with van der Waals surface area (Å²) >= 11 is 3.15. The van der Waals surface area contributed by atoms with Crippen molar-refractivity contribution in [3.8, 4) is 0 Å². The number of hydrogen-bond donors (Lipinski definition) is 2. The van der Waals surface area contributed by atoms with Crippen LogP contribution < -0.4 is 10.6 Å². The lowest BCUT2D eigenvalue weighted by molar-refractivity contribution is 0.246. The highest BCUT2D eigenvalue weighted by molar-refractivity contribution is 9.10. The van der Waals surface area contributed by atoms with E-state index in [1.165, 1.54) is 12.1 Å². The van der Waals surface area contributed by atoms with Crippen LogP contribution in [0.3, 0.4) is 0 Å². The molecular weight excluding hydrogens is 287 g/mol. The summed E-state index contributed by atoms with van der Waals surface area (Å²) in [4.78, 5) is 11.6. The van der Waals surface area contributed by atoms with Gasteiger partial charge in [0.1, 0.15) is 5.82 Å². The Bertz CT molecular complexity index is 409. The molecule has 0 aliphatic rings. The maximum Gasteiger partial charge on any atom is 0.319 e. The van der Waals surface area contributed by atoms with Gasteiger partial charge < -0.3 is 10.6 Å². The van der Waals surface area contributed by atoms with Crippen LogP contribution in [0.4, 0.5) is 14.9 Å². The molecule has 0 heterocycles. The average Bonchev–Trinajstić information content (AvgIpc) is 2.22. The molecular formula is C12H16BrFN2O. The second-order valence-electron chi connectivity index (χ2n) is 4.26. The summed E-state index contributed by atoms with van der Waals surface area (Å²) < 4.78 is 14.1. The number of anilines is 1. The largest absolute Gasteiger partial charge is 0.335 e. The normalized spacial score (nSPS) is 12.4. The summed E-state index contributed by atoms with van der Waals surface area (Å²) in [6.07, 6.45) is 0. The average molecular weight is 303 g/mol. The lowest BCUT2D eigenvalue weighted by Gasteiger charge is -2.18. The lowest BCUT2D eigenvalue weighted by atomic mass is 10.1. The smallest absolute Gasteiger partial charge is 0.319 e. The standard InChI is InChI=1S/C12H16BrFN2O/c1-7(2)8(3)15-12(17)16-11-5-4-9(13)6-10(11)14/h4-8H,1-3H3,(H2,15,16,17). The zero-order valence-corrected chi connectivity index (χ0v) is 11.6. The molecule has 0 spiro atoms. The van der Waals surface area contributed by atoms with E-state index < -0.39 is 11.8 Å². The first-order chi connectivity index (χ1) is 7.90.